The van der Waals surface area contributed by atoms with Crippen molar-refractivity contribution in [2.75, 3.05) is 12.0 Å². The number of hydrogen-bond donors (Lipinski definition) is 2. The molecule has 0 saturated heterocycles. The molecule has 0 saturated carbocycles. The van der Waals surface area contributed by atoms with Crippen molar-refractivity contribution in [3.63, 3.8) is 0 Å². The summed E-state index contributed by atoms with van der Waals surface area (Å²) >= 11 is 1.69. The molecule has 1 aromatic carbocycles. The first kappa shape index (κ1) is 15.4. The van der Waals surface area contributed by atoms with Crippen LogP contribution in [0.15, 0.2) is 42.7 Å². The zero-order valence-electron chi connectivity index (χ0n) is 12.1. The maximum absolute atomic E-state index is 12.1. The van der Waals surface area contributed by atoms with Gasteiger partial charge in [0.05, 0.1) is 0 Å². The van der Waals surface area contributed by atoms with Crippen LogP contribution in [0.25, 0.3) is 0 Å². The molecular weight excluding hydrogens is 284 g/mol. The van der Waals surface area contributed by atoms with Crippen LogP contribution in [0.5, 0.6) is 0 Å². The molecule has 2 rings (SSSR count). The van der Waals surface area contributed by atoms with Crippen molar-refractivity contribution < 1.29 is 9.59 Å². The van der Waals surface area contributed by atoms with Crippen molar-refractivity contribution in [1.29, 1.82) is 0 Å². The van der Waals surface area contributed by atoms with Crippen molar-refractivity contribution in [3.05, 3.63) is 59.4 Å². The molecule has 0 fully saturated rings. The Balaban J connectivity index is 2.05. The predicted octanol–water partition coefficient (Wildman–Crippen LogP) is 2.73. The van der Waals surface area contributed by atoms with Gasteiger partial charge in [-0.25, -0.2) is 0 Å². The van der Waals surface area contributed by atoms with Crippen LogP contribution >= 0.6 is 11.8 Å². The molecule has 110 valence electrons. The Bertz CT molecular complexity index is 606. The van der Waals surface area contributed by atoms with E-state index in [1.807, 2.05) is 13.2 Å². The third-order valence-corrected chi connectivity index (χ3v) is 3.90. The first-order valence-corrected chi connectivity index (χ1v) is 8.08. The standard InChI is InChI=1S/C16H18N2O2S/c1-11(10-21-2)18-16(20)13-5-3-12(4-6-13)15(19)14-7-8-17-9-14/h3-9,11,17H,10H2,1-2H3,(H,18,20)/t11-/m0/s1. The average Bonchev–Trinajstić information content (AvgIpc) is 3.01. The quantitative estimate of drug-likeness (QED) is 0.807. The fraction of sp³-hybridized carbons (Fsp3) is 0.250. The SMILES string of the molecule is CSC[C@H](C)NC(=O)c1ccc(C(=O)c2cc[nH]c2)cc1. The van der Waals surface area contributed by atoms with Gasteiger partial charge >= 0.3 is 0 Å². The predicted molar refractivity (Wildman–Crippen MR) is 86.0 cm³/mol. The van der Waals surface area contributed by atoms with E-state index >= 15 is 0 Å². The topological polar surface area (TPSA) is 62.0 Å². The Hall–Kier alpha value is -2.01. The summed E-state index contributed by atoms with van der Waals surface area (Å²) < 4.78 is 0. The van der Waals surface area contributed by atoms with Gasteiger partial charge in [0.1, 0.15) is 0 Å². The number of rotatable bonds is 6. The highest BCUT2D eigenvalue weighted by atomic mass is 32.2. The molecule has 1 atom stereocenters. The number of hydrogen-bond acceptors (Lipinski definition) is 3. The summed E-state index contributed by atoms with van der Waals surface area (Å²) in [4.78, 5) is 27.0. The lowest BCUT2D eigenvalue weighted by atomic mass is 10.0. The molecule has 0 aliphatic heterocycles. The lowest BCUT2D eigenvalue weighted by molar-refractivity contribution is 0.0942. The largest absolute Gasteiger partial charge is 0.367 e. The second-order valence-corrected chi connectivity index (χ2v) is 5.75. The zero-order valence-corrected chi connectivity index (χ0v) is 12.9. The highest BCUT2D eigenvalue weighted by molar-refractivity contribution is 7.98. The monoisotopic (exact) mass is 302 g/mol. The minimum atomic E-state index is -0.114. The van der Waals surface area contributed by atoms with Crippen LogP contribution in [0, 0.1) is 0 Å². The van der Waals surface area contributed by atoms with Crippen LogP contribution in [0.3, 0.4) is 0 Å². The van der Waals surface area contributed by atoms with Gasteiger partial charge in [-0.15, -0.1) is 0 Å². The van der Waals surface area contributed by atoms with Gasteiger partial charge < -0.3 is 10.3 Å². The molecule has 0 aliphatic rings. The maximum Gasteiger partial charge on any atom is 0.251 e. The molecule has 0 bridgehead atoms. The molecule has 21 heavy (non-hydrogen) atoms. The van der Waals surface area contributed by atoms with Crippen LogP contribution in [-0.2, 0) is 0 Å². The zero-order chi connectivity index (χ0) is 15.2. The second-order valence-electron chi connectivity index (χ2n) is 4.84. The Morgan fingerprint density at radius 1 is 1.14 bits per heavy atom. The van der Waals surface area contributed by atoms with Crippen molar-refractivity contribution in [3.8, 4) is 0 Å². The van der Waals surface area contributed by atoms with Gasteiger partial charge in [0, 0.05) is 40.9 Å². The van der Waals surface area contributed by atoms with E-state index in [1.54, 1.807) is 54.5 Å². The summed E-state index contributed by atoms with van der Waals surface area (Å²) in [7, 11) is 0. The molecule has 0 aliphatic carbocycles. The van der Waals surface area contributed by atoms with Crippen molar-refractivity contribution in [2.24, 2.45) is 0 Å². The smallest absolute Gasteiger partial charge is 0.251 e. The number of benzene rings is 1. The Morgan fingerprint density at radius 2 is 1.81 bits per heavy atom. The van der Waals surface area contributed by atoms with Gasteiger partial charge in [0.15, 0.2) is 5.78 Å². The van der Waals surface area contributed by atoms with Gasteiger partial charge in [-0.3, -0.25) is 9.59 Å². The number of carbonyl (C=O) groups excluding carboxylic acids is 2. The average molecular weight is 302 g/mol. The molecule has 0 unspecified atom stereocenters. The third-order valence-electron chi connectivity index (χ3n) is 3.06. The van der Waals surface area contributed by atoms with E-state index in [1.165, 1.54) is 0 Å². The summed E-state index contributed by atoms with van der Waals surface area (Å²) in [6.07, 6.45) is 5.37. The fourth-order valence-corrected chi connectivity index (χ4v) is 2.59. The molecule has 1 amide bonds. The Labute approximate surface area is 128 Å². The minimum Gasteiger partial charge on any atom is -0.367 e. The van der Waals surface area contributed by atoms with Gasteiger partial charge in [-0.1, -0.05) is 12.1 Å². The van der Waals surface area contributed by atoms with Crippen molar-refractivity contribution in [1.82, 2.24) is 10.3 Å². The van der Waals surface area contributed by atoms with Crippen LogP contribution in [0.4, 0.5) is 0 Å². The van der Waals surface area contributed by atoms with Gasteiger partial charge in [-0.2, -0.15) is 11.8 Å². The van der Waals surface area contributed by atoms with Crippen LogP contribution in [0.2, 0.25) is 0 Å². The Morgan fingerprint density at radius 3 is 2.38 bits per heavy atom. The number of aromatic amines is 1. The summed E-state index contributed by atoms with van der Waals surface area (Å²) in [5.41, 5.74) is 1.75. The second kappa shape index (κ2) is 7.13. The molecule has 4 nitrogen and oxygen atoms in total. The van der Waals surface area contributed by atoms with E-state index in [0.29, 0.717) is 16.7 Å². The molecule has 1 heterocycles. The number of ketones is 1. The fourth-order valence-electron chi connectivity index (χ4n) is 2.00. The van der Waals surface area contributed by atoms with Crippen LogP contribution in [-0.4, -0.2) is 34.7 Å². The number of aromatic nitrogens is 1. The lowest BCUT2D eigenvalue weighted by Crippen LogP contribution is -2.34. The van der Waals surface area contributed by atoms with E-state index in [4.69, 9.17) is 0 Å². The van der Waals surface area contributed by atoms with Crippen molar-refractivity contribution in [2.45, 2.75) is 13.0 Å². The third kappa shape index (κ3) is 3.98. The molecule has 2 N–H and O–H groups in total. The van der Waals surface area contributed by atoms with Gasteiger partial charge in [0.2, 0.25) is 0 Å². The first-order chi connectivity index (χ1) is 10.1. The van der Waals surface area contributed by atoms with Crippen molar-refractivity contribution >= 4 is 23.5 Å². The highest BCUT2D eigenvalue weighted by Crippen LogP contribution is 2.11. The molecule has 5 heteroatoms. The molecule has 0 spiro atoms. The van der Waals surface area contributed by atoms with E-state index in [-0.39, 0.29) is 17.7 Å². The highest BCUT2D eigenvalue weighted by Gasteiger charge is 2.12. The first-order valence-electron chi connectivity index (χ1n) is 6.69. The molecular formula is C16H18N2O2S. The summed E-state index contributed by atoms with van der Waals surface area (Å²) in [6, 6.07) is 8.58. The van der Waals surface area contributed by atoms with Crippen LogP contribution in [0.1, 0.15) is 33.2 Å². The summed E-state index contributed by atoms with van der Waals surface area (Å²) in [5.74, 6) is 0.701. The van der Waals surface area contributed by atoms with Gasteiger partial charge in [-0.05, 0) is 31.4 Å². The lowest BCUT2D eigenvalue weighted by Gasteiger charge is -2.12. The van der Waals surface area contributed by atoms with E-state index in [9.17, 15) is 9.59 Å². The number of carbonyl (C=O) groups is 2. The Kier molecular flexibility index (Phi) is 5.22. The van der Waals surface area contributed by atoms with E-state index in [2.05, 4.69) is 10.3 Å². The van der Waals surface area contributed by atoms with E-state index in [0.717, 1.165) is 5.75 Å². The number of nitrogens with one attached hydrogen (secondary N) is 2. The molecule has 1 aromatic heterocycles. The maximum atomic E-state index is 12.1. The minimum absolute atomic E-state index is 0.0565. The normalized spacial score (nSPS) is 11.9. The number of H-pyrrole nitrogens is 1. The summed E-state index contributed by atoms with van der Waals surface area (Å²) in [5, 5.41) is 2.92. The van der Waals surface area contributed by atoms with E-state index < -0.39 is 0 Å². The molecule has 2 aromatic rings. The number of thioether (sulfide) groups is 1. The number of amides is 1. The van der Waals surface area contributed by atoms with Crippen LogP contribution < -0.4 is 5.32 Å². The van der Waals surface area contributed by atoms with Gasteiger partial charge in [0.25, 0.3) is 5.91 Å². The summed E-state index contributed by atoms with van der Waals surface area (Å²) in [6.45, 7) is 1.97. The molecule has 0 radical (unpaired) electrons.